The molecule has 3 heterocycles. The third kappa shape index (κ3) is 2.00. The first kappa shape index (κ1) is 10.3. The van der Waals surface area contributed by atoms with Crippen molar-refractivity contribution in [1.82, 2.24) is 10.2 Å². The Morgan fingerprint density at radius 3 is 3.38 bits per heavy atom. The fraction of sp³-hybridized carbons (Fsp3) is 0.667. The van der Waals surface area contributed by atoms with Crippen molar-refractivity contribution in [3.05, 3.63) is 24.2 Å². The minimum Gasteiger partial charge on any atom is -0.472 e. The second-order valence-electron chi connectivity index (χ2n) is 4.57. The van der Waals surface area contributed by atoms with Gasteiger partial charge in [-0.05, 0) is 19.0 Å². The number of nitrogens with one attached hydrogen (secondary N) is 1. The van der Waals surface area contributed by atoms with Gasteiger partial charge in [0.2, 0.25) is 0 Å². The van der Waals surface area contributed by atoms with E-state index in [1.807, 2.05) is 12.3 Å². The van der Waals surface area contributed by atoms with Crippen molar-refractivity contribution in [1.29, 1.82) is 0 Å². The molecule has 1 N–H and O–H groups in total. The minimum atomic E-state index is 0.370. The van der Waals surface area contributed by atoms with Crippen LogP contribution in [0, 0.1) is 0 Å². The maximum atomic E-state index is 5.80. The first-order valence-corrected chi connectivity index (χ1v) is 6.01. The van der Waals surface area contributed by atoms with Crippen LogP contribution in [0.4, 0.5) is 0 Å². The molecule has 2 aliphatic rings. The van der Waals surface area contributed by atoms with Crippen molar-refractivity contribution in [3.63, 3.8) is 0 Å². The highest BCUT2D eigenvalue weighted by molar-refractivity contribution is 5.06. The summed E-state index contributed by atoms with van der Waals surface area (Å²) in [5.74, 6) is 0. The second kappa shape index (κ2) is 4.57. The summed E-state index contributed by atoms with van der Waals surface area (Å²) in [4.78, 5) is 2.53. The fourth-order valence-electron chi connectivity index (χ4n) is 2.70. The lowest BCUT2D eigenvalue weighted by Crippen LogP contribution is -2.57. The van der Waals surface area contributed by atoms with E-state index >= 15 is 0 Å². The molecule has 1 aromatic rings. The molecule has 0 aliphatic carbocycles. The number of fused-ring (bicyclic) bond motifs is 1. The van der Waals surface area contributed by atoms with Gasteiger partial charge in [-0.15, -0.1) is 0 Å². The molecule has 2 atom stereocenters. The number of furan rings is 1. The van der Waals surface area contributed by atoms with Gasteiger partial charge >= 0.3 is 0 Å². The van der Waals surface area contributed by atoms with Gasteiger partial charge in [0, 0.05) is 31.2 Å². The van der Waals surface area contributed by atoms with Crippen molar-refractivity contribution in [3.8, 4) is 0 Å². The third-order valence-electron chi connectivity index (χ3n) is 3.54. The van der Waals surface area contributed by atoms with E-state index in [-0.39, 0.29) is 0 Å². The predicted octanol–water partition coefficient (Wildman–Crippen LogP) is 0.842. The molecule has 1 unspecified atom stereocenters. The molecule has 0 aromatic carbocycles. The lowest BCUT2D eigenvalue weighted by molar-refractivity contribution is -0.0843. The van der Waals surface area contributed by atoms with Gasteiger partial charge in [-0.1, -0.05) is 0 Å². The van der Waals surface area contributed by atoms with E-state index in [1.165, 1.54) is 12.0 Å². The molecule has 16 heavy (non-hydrogen) atoms. The lowest BCUT2D eigenvalue weighted by atomic mass is 9.99. The number of hydrogen-bond donors (Lipinski definition) is 1. The predicted molar refractivity (Wildman–Crippen MR) is 60.1 cm³/mol. The average Bonchev–Trinajstić information content (AvgIpc) is 2.82. The third-order valence-corrected chi connectivity index (χ3v) is 3.54. The highest BCUT2D eigenvalue weighted by Gasteiger charge is 2.33. The summed E-state index contributed by atoms with van der Waals surface area (Å²) in [6.07, 6.45) is 5.14. The number of ether oxygens (including phenoxy) is 1. The van der Waals surface area contributed by atoms with E-state index in [9.17, 15) is 0 Å². The van der Waals surface area contributed by atoms with Gasteiger partial charge in [0.05, 0.1) is 25.2 Å². The highest BCUT2D eigenvalue weighted by atomic mass is 16.5. The fourth-order valence-corrected chi connectivity index (χ4v) is 2.70. The summed E-state index contributed by atoms with van der Waals surface area (Å²) in [6, 6.07) is 2.62. The summed E-state index contributed by atoms with van der Waals surface area (Å²) in [5.41, 5.74) is 1.26. The van der Waals surface area contributed by atoms with Crippen molar-refractivity contribution in [2.24, 2.45) is 0 Å². The summed E-state index contributed by atoms with van der Waals surface area (Å²) < 4.78 is 10.9. The quantitative estimate of drug-likeness (QED) is 0.804. The topological polar surface area (TPSA) is 37.6 Å². The Kier molecular flexibility index (Phi) is 2.95. The van der Waals surface area contributed by atoms with Gasteiger partial charge in [-0.25, -0.2) is 0 Å². The molecule has 4 nitrogen and oxygen atoms in total. The molecule has 0 amide bonds. The molecule has 2 fully saturated rings. The molecule has 0 spiro atoms. The van der Waals surface area contributed by atoms with Crippen LogP contribution in [0.1, 0.15) is 12.0 Å². The molecule has 1 aromatic heterocycles. The molecule has 2 saturated heterocycles. The second-order valence-corrected chi connectivity index (χ2v) is 4.57. The molecule has 0 bridgehead atoms. The molecule has 3 rings (SSSR count). The van der Waals surface area contributed by atoms with E-state index in [1.54, 1.807) is 6.26 Å². The first-order chi connectivity index (χ1) is 7.93. The monoisotopic (exact) mass is 222 g/mol. The Labute approximate surface area is 95.6 Å². The number of hydrogen-bond acceptors (Lipinski definition) is 4. The van der Waals surface area contributed by atoms with Gasteiger partial charge in [-0.2, -0.15) is 0 Å². The zero-order valence-electron chi connectivity index (χ0n) is 9.39. The molecule has 0 radical (unpaired) electrons. The van der Waals surface area contributed by atoms with Gasteiger partial charge in [-0.3, -0.25) is 4.90 Å². The molecule has 0 saturated carbocycles. The van der Waals surface area contributed by atoms with Gasteiger partial charge in [0.1, 0.15) is 0 Å². The van der Waals surface area contributed by atoms with Gasteiger partial charge in [0.25, 0.3) is 0 Å². The summed E-state index contributed by atoms with van der Waals surface area (Å²) >= 11 is 0. The van der Waals surface area contributed by atoms with Gasteiger partial charge in [0.15, 0.2) is 0 Å². The Morgan fingerprint density at radius 1 is 1.50 bits per heavy atom. The van der Waals surface area contributed by atoms with E-state index in [0.29, 0.717) is 12.1 Å². The van der Waals surface area contributed by atoms with Crippen LogP contribution in [0.5, 0.6) is 0 Å². The van der Waals surface area contributed by atoms with Crippen LogP contribution in [-0.4, -0.2) is 43.3 Å². The molecule has 4 heteroatoms. The normalized spacial score (nSPS) is 31.2. The van der Waals surface area contributed by atoms with Crippen LogP contribution in [0.2, 0.25) is 0 Å². The van der Waals surface area contributed by atoms with Crippen LogP contribution >= 0.6 is 0 Å². The maximum absolute atomic E-state index is 5.80. The molecular weight excluding hydrogens is 204 g/mol. The van der Waals surface area contributed by atoms with Crippen LogP contribution < -0.4 is 5.32 Å². The number of morpholine rings is 1. The Balaban J connectivity index is 1.68. The Bertz CT molecular complexity index is 324. The van der Waals surface area contributed by atoms with Crippen molar-refractivity contribution in [2.75, 3.05) is 26.2 Å². The van der Waals surface area contributed by atoms with Crippen molar-refractivity contribution < 1.29 is 9.15 Å². The number of piperidine rings is 1. The Morgan fingerprint density at radius 2 is 2.50 bits per heavy atom. The summed E-state index contributed by atoms with van der Waals surface area (Å²) in [6.45, 7) is 4.97. The van der Waals surface area contributed by atoms with Crippen molar-refractivity contribution >= 4 is 0 Å². The van der Waals surface area contributed by atoms with Crippen LogP contribution in [0.15, 0.2) is 23.0 Å². The lowest BCUT2D eigenvalue weighted by Gasteiger charge is -2.43. The van der Waals surface area contributed by atoms with E-state index in [0.717, 1.165) is 32.8 Å². The van der Waals surface area contributed by atoms with Crippen LogP contribution in [0.25, 0.3) is 0 Å². The van der Waals surface area contributed by atoms with E-state index < -0.39 is 0 Å². The zero-order valence-corrected chi connectivity index (χ0v) is 9.39. The SMILES string of the molecule is c1cc(CN2CCOC3CNCC[C@H]32)co1. The van der Waals surface area contributed by atoms with E-state index in [2.05, 4.69) is 10.2 Å². The zero-order chi connectivity index (χ0) is 10.8. The van der Waals surface area contributed by atoms with E-state index in [4.69, 9.17) is 9.15 Å². The molecular formula is C12H18N2O2. The highest BCUT2D eigenvalue weighted by Crippen LogP contribution is 2.21. The standard InChI is InChI=1S/C12H18N2O2/c1-3-13-7-12-11(1)14(4-6-16-12)8-10-2-5-15-9-10/h2,5,9,11-13H,1,3-4,6-8H2/t11-,12?/m1/s1. The summed E-state index contributed by atoms with van der Waals surface area (Å²) in [5, 5.41) is 3.39. The largest absolute Gasteiger partial charge is 0.472 e. The van der Waals surface area contributed by atoms with Gasteiger partial charge < -0.3 is 14.5 Å². The maximum Gasteiger partial charge on any atom is 0.0947 e. The first-order valence-electron chi connectivity index (χ1n) is 6.01. The molecule has 88 valence electrons. The van der Waals surface area contributed by atoms with Crippen LogP contribution in [0.3, 0.4) is 0 Å². The number of rotatable bonds is 2. The van der Waals surface area contributed by atoms with Crippen LogP contribution in [-0.2, 0) is 11.3 Å². The molecule has 2 aliphatic heterocycles. The minimum absolute atomic E-state index is 0.370. The number of nitrogens with zero attached hydrogens (tertiary/aromatic N) is 1. The van der Waals surface area contributed by atoms with Crippen molar-refractivity contribution in [2.45, 2.75) is 25.1 Å². The summed E-state index contributed by atoms with van der Waals surface area (Å²) in [7, 11) is 0. The average molecular weight is 222 g/mol. The smallest absolute Gasteiger partial charge is 0.0947 e. The Hall–Kier alpha value is -0.840.